The van der Waals surface area contributed by atoms with Crippen LogP contribution in [0.2, 0.25) is 0 Å². The molecule has 0 aliphatic rings. The molecule has 0 aliphatic heterocycles. The lowest BCUT2D eigenvalue weighted by Gasteiger charge is -2.06. The Morgan fingerprint density at radius 3 is 2.79 bits per heavy atom. The molecule has 3 rings (SSSR count). The average Bonchev–Trinajstić information content (AvgIpc) is 3.16. The highest BCUT2D eigenvalue weighted by Gasteiger charge is 2.23. The summed E-state index contributed by atoms with van der Waals surface area (Å²) in [6.45, 7) is 5.24. The van der Waals surface area contributed by atoms with E-state index in [9.17, 15) is 10.1 Å². The number of nitro groups is 1. The van der Waals surface area contributed by atoms with Gasteiger partial charge in [0.25, 0.3) is 5.89 Å². The van der Waals surface area contributed by atoms with Crippen molar-refractivity contribution in [2.45, 2.75) is 26.8 Å². The highest BCUT2D eigenvalue weighted by molar-refractivity contribution is 5.67. The third-order valence-corrected chi connectivity index (χ3v) is 3.90. The van der Waals surface area contributed by atoms with Gasteiger partial charge in [0.15, 0.2) is 0 Å². The van der Waals surface area contributed by atoms with Crippen molar-refractivity contribution in [1.29, 1.82) is 0 Å². The zero-order valence-electron chi connectivity index (χ0n) is 13.4. The van der Waals surface area contributed by atoms with Crippen LogP contribution in [0, 0.1) is 24.0 Å². The molecule has 2 N–H and O–H groups in total. The molecule has 1 atom stereocenters. The van der Waals surface area contributed by atoms with E-state index < -0.39 is 11.0 Å². The Morgan fingerprint density at radius 2 is 2.12 bits per heavy atom. The number of hydrogen-bond donors (Lipinski definition) is 1. The first-order chi connectivity index (χ1) is 11.4. The lowest BCUT2D eigenvalue weighted by Crippen LogP contribution is -2.08. The van der Waals surface area contributed by atoms with Gasteiger partial charge in [-0.05, 0) is 32.4 Å². The van der Waals surface area contributed by atoms with Crippen molar-refractivity contribution in [3.8, 4) is 11.4 Å². The van der Waals surface area contributed by atoms with E-state index in [2.05, 4.69) is 15.2 Å². The molecule has 0 bridgehead atoms. The van der Waals surface area contributed by atoms with Gasteiger partial charge in [-0.25, -0.2) is 0 Å². The van der Waals surface area contributed by atoms with Crippen LogP contribution in [0.25, 0.3) is 11.4 Å². The molecule has 1 aromatic carbocycles. The molecule has 3 aromatic rings. The van der Waals surface area contributed by atoms with Crippen LogP contribution >= 0.6 is 0 Å². The first-order valence-corrected chi connectivity index (χ1v) is 7.27. The predicted octanol–water partition coefficient (Wildman–Crippen LogP) is 2.65. The van der Waals surface area contributed by atoms with E-state index >= 15 is 0 Å². The first-order valence-electron chi connectivity index (χ1n) is 7.27. The zero-order valence-corrected chi connectivity index (χ0v) is 13.4. The minimum absolute atomic E-state index is 0.0479. The SMILES string of the molecule is Cc1nn(C(C)c2nc(-c3cccc(N)c3C)no2)cc1[N+](=O)[O-]. The maximum Gasteiger partial charge on any atom is 0.309 e. The summed E-state index contributed by atoms with van der Waals surface area (Å²) in [5.41, 5.74) is 8.47. The maximum atomic E-state index is 10.9. The summed E-state index contributed by atoms with van der Waals surface area (Å²) in [7, 11) is 0. The van der Waals surface area contributed by atoms with Crippen molar-refractivity contribution >= 4 is 11.4 Å². The Labute approximate surface area is 137 Å². The third kappa shape index (κ3) is 2.60. The number of aryl methyl sites for hydroxylation is 1. The van der Waals surface area contributed by atoms with Crippen LogP contribution in [-0.4, -0.2) is 24.8 Å². The van der Waals surface area contributed by atoms with Crippen LogP contribution in [-0.2, 0) is 0 Å². The molecule has 0 saturated carbocycles. The second-order valence-corrected chi connectivity index (χ2v) is 5.49. The molecule has 124 valence electrons. The average molecular weight is 328 g/mol. The van der Waals surface area contributed by atoms with E-state index in [-0.39, 0.29) is 5.69 Å². The van der Waals surface area contributed by atoms with Gasteiger partial charge < -0.3 is 10.3 Å². The van der Waals surface area contributed by atoms with Gasteiger partial charge in [-0.15, -0.1) is 0 Å². The van der Waals surface area contributed by atoms with Crippen LogP contribution in [0.4, 0.5) is 11.4 Å². The quantitative estimate of drug-likeness (QED) is 0.443. The van der Waals surface area contributed by atoms with Gasteiger partial charge in [-0.1, -0.05) is 17.3 Å². The van der Waals surface area contributed by atoms with Gasteiger partial charge in [0.1, 0.15) is 17.9 Å². The van der Waals surface area contributed by atoms with E-state index in [1.807, 2.05) is 19.1 Å². The number of nitrogens with two attached hydrogens (primary N) is 1. The number of aromatic nitrogens is 4. The molecule has 0 fully saturated rings. The van der Waals surface area contributed by atoms with E-state index in [0.29, 0.717) is 23.1 Å². The Hall–Kier alpha value is -3.23. The standard InChI is InChI=1S/C15H16N6O3/c1-8-11(5-4-6-12(8)16)14-17-15(24-19-14)10(3)20-7-13(21(22)23)9(2)18-20/h4-7,10H,16H2,1-3H3. The number of rotatable bonds is 4. The molecular weight excluding hydrogens is 312 g/mol. The molecule has 2 heterocycles. The summed E-state index contributed by atoms with van der Waals surface area (Å²) in [6.07, 6.45) is 1.36. The molecule has 24 heavy (non-hydrogen) atoms. The Bertz CT molecular complexity index is 914. The fourth-order valence-electron chi connectivity index (χ4n) is 2.37. The topological polar surface area (TPSA) is 126 Å². The zero-order chi connectivity index (χ0) is 17.4. The number of nitrogens with zero attached hydrogens (tertiary/aromatic N) is 5. The van der Waals surface area contributed by atoms with E-state index in [4.69, 9.17) is 10.3 Å². The van der Waals surface area contributed by atoms with Crippen LogP contribution in [0.5, 0.6) is 0 Å². The van der Waals surface area contributed by atoms with Crippen molar-refractivity contribution in [3.63, 3.8) is 0 Å². The van der Waals surface area contributed by atoms with Gasteiger partial charge in [0, 0.05) is 11.3 Å². The summed E-state index contributed by atoms with van der Waals surface area (Å²) < 4.78 is 6.75. The Balaban J connectivity index is 1.94. The summed E-state index contributed by atoms with van der Waals surface area (Å²) in [6, 6.07) is 5.04. The molecule has 2 aromatic heterocycles. The third-order valence-electron chi connectivity index (χ3n) is 3.90. The van der Waals surface area contributed by atoms with Crippen LogP contribution < -0.4 is 5.73 Å². The molecule has 9 nitrogen and oxygen atoms in total. The molecule has 0 spiro atoms. The molecule has 0 amide bonds. The highest BCUT2D eigenvalue weighted by Crippen LogP contribution is 2.27. The van der Waals surface area contributed by atoms with Crippen molar-refractivity contribution in [1.82, 2.24) is 19.9 Å². The second kappa shape index (κ2) is 5.76. The van der Waals surface area contributed by atoms with Gasteiger partial charge in [-0.3, -0.25) is 14.8 Å². The number of anilines is 1. The largest absolute Gasteiger partial charge is 0.398 e. The van der Waals surface area contributed by atoms with Crippen LogP contribution in [0.1, 0.15) is 30.1 Å². The number of nitrogen functional groups attached to an aromatic ring is 1. The second-order valence-electron chi connectivity index (χ2n) is 5.49. The number of hydrogen-bond acceptors (Lipinski definition) is 7. The molecular formula is C15H16N6O3. The molecule has 0 saturated heterocycles. The molecule has 0 radical (unpaired) electrons. The Kier molecular flexibility index (Phi) is 3.76. The smallest absolute Gasteiger partial charge is 0.309 e. The van der Waals surface area contributed by atoms with Crippen LogP contribution in [0.3, 0.4) is 0 Å². The van der Waals surface area contributed by atoms with Gasteiger partial charge in [-0.2, -0.15) is 10.1 Å². The van der Waals surface area contributed by atoms with E-state index in [0.717, 1.165) is 11.1 Å². The summed E-state index contributed by atoms with van der Waals surface area (Å²) >= 11 is 0. The highest BCUT2D eigenvalue weighted by atomic mass is 16.6. The minimum Gasteiger partial charge on any atom is -0.398 e. The maximum absolute atomic E-state index is 10.9. The van der Waals surface area contributed by atoms with Crippen molar-refractivity contribution in [3.05, 3.63) is 51.7 Å². The van der Waals surface area contributed by atoms with Crippen LogP contribution in [0.15, 0.2) is 28.9 Å². The first kappa shape index (κ1) is 15.7. The Morgan fingerprint density at radius 1 is 1.38 bits per heavy atom. The minimum atomic E-state index is -0.471. The molecule has 0 aliphatic carbocycles. The van der Waals surface area contributed by atoms with Crippen molar-refractivity contribution < 1.29 is 9.45 Å². The normalized spacial score (nSPS) is 12.3. The van der Waals surface area contributed by atoms with Crippen molar-refractivity contribution in [2.75, 3.05) is 5.73 Å². The van der Waals surface area contributed by atoms with E-state index in [1.54, 1.807) is 19.9 Å². The van der Waals surface area contributed by atoms with Gasteiger partial charge in [0.05, 0.1) is 4.92 Å². The summed E-state index contributed by atoms with van der Waals surface area (Å²) in [4.78, 5) is 14.8. The fraction of sp³-hybridized carbons (Fsp3) is 0.267. The number of benzene rings is 1. The molecule has 9 heteroatoms. The monoisotopic (exact) mass is 328 g/mol. The van der Waals surface area contributed by atoms with Gasteiger partial charge in [0.2, 0.25) is 5.82 Å². The summed E-state index contributed by atoms with van der Waals surface area (Å²) in [5, 5.41) is 19.1. The van der Waals surface area contributed by atoms with E-state index in [1.165, 1.54) is 10.9 Å². The fourth-order valence-corrected chi connectivity index (χ4v) is 2.37. The lowest BCUT2D eigenvalue weighted by atomic mass is 10.1. The molecule has 1 unspecified atom stereocenters. The predicted molar refractivity (Wildman–Crippen MR) is 86.3 cm³/mol. The lowest BCUT2D eigenvalue weighted by molar-refractivity contribution is -0.385. The van der Waals surface area contributed by atoms with Gasteiger partial charge >= 0.3 is 5.69 Å². The summed E-state index contributed by atoms with van der Waals surface area (Å²) in [5.74, 6) is 0.726. The van der Waals surface area contributed by atoms with Crippen molar-refractivity contribution in [2.24, 2.45) is 0 Å².